The standard InChI is InChI=1S/C20H28N2O5S/c1-12-7-4-5-8-15(12)21-18(24)13(2)27-20(25)16-11-28-19(22(16)14(3)23)17-9-6-10-26-17/h6,9-10,12-13,15-16,19H,4-5,7-8,11H2,1-3H3,(H,21,24)/t12-,13-,15+,16+,19-/m1/s1. The van der Waals surface area contributed by atoms with Gasteiger partial charge in [-0.25, -0.2) is 4.79 Å². The number of nitrogens with one attached hydrogen (secondary N) is 1. The van der Waals surface area contributed by atoms with E-state index in [0.29, 0.717) is 17.4 Å². The Morgan fingerprint density at radius 1 is 1.32 bits per heavy atom. The van der Waals surface area contributed by atoms with E-state index in [4.69, 9.17) is 9.15 Å². The highest BCUT2D eigenvalue weighted by Crippen LogP contribution is 2.41. The summed E-state index contributed by atoms with van der Waals surface area (Å²) in [7, 11) is 0. The predicted molar refractivity (Wildman–Crippen MR) is 105 cm³/mol. The largest absolute Gasteiger partial charge is 0.466 e. The summed E-state index contributed by atoms with van der Waals surface area (Å²) < 4.78 is 10.8. The van der Waals surface area contributed by atoms with Gasteiger partial charge in [-0.05, 0) is 37.8 Å². The first-order chi connectivity index (χ1) is 13.4. The lowest BCUT2D eigenvalue weighted by molar-refractivity contribution is -0.161. The number of rotatable bonds is 5. The third-order valence-electron chi connectivity index (χ3n) is 5.52. The number of hydrogen-bond donors (Lipinski definition) is 1. The van der Waals surface area contributed by atoms with Crippen LogP contribution in [0.5, 0.6) is 0 Å². The minimum atomic E-state index is -0.900. The van der Waals surface area contributed by atoms with Gasteiger partial charge in [0.15, 0.2) is 6.10 Å². The molecule has 154 valence electrons. The molecule has 0 bridgehead atoms. The molecule has 8 heteroatoms. The molecule has 0 unspecified atom stereocenters. The summed E-state index contributed by atoms with van der Waals surface area (Å²) in [5, 5.41) is 2.65. The molecule has 2 amide bonds. The van der Waals surface area contributed by atoms with Crippen LogP contribution < -0.4 is 5.32 Å². The van der Waals surface area contributed by atoms with Crippen LogP contribution in [0.2, 0.25) is 0 Å². The van der Waals surface area contributed by atoms with Gasteiger partial charge in [0.2, 0.25) is 5.91 Å². The summed E-state index contributed by atoms with van der Waals surface area (Å²) in [6.45, 7) is 5.13. The highest BCUT2D eigenvalue weighted by molar-refractivity contribution is 7.99. The second-order valence-electron chi connectivity index (χ2n) is 7.60. The van der Waals surface area contributed by atoms with E-state index in [-0.39, 0.29) is 23.2 Å². The number of carbonyl (C=O) groups is 3. The Bertz CT molecular complexity index is 707. The van der Waals surface area contributed by atoms with E-state index in [1.807, 2.05) is 0 Å². The molecular formula is C20H28N2O5S. The molecule has 7 nitrogen and oxygen atoms in total. The summed E-state index contributed by atoms with van der Waals surface area (Å²) in [5.74, 6) is 0.367. The number of amides is 2. The molecule has 0 radical (unpaired) electrons. The lowest BCUT2D eigenvalue weighted by Crippen LogP contribution is -2.48. The van der Waals surface area contributed by atoms with Crippen LogP contribution in [0.25, 0.3) is 0 Å². The fourth-order valence-electron chi connectivity index (χ4n) is 3.86. The van der Waals surface area contributed by atoms with Crippen molar-refractivity contribution in [2.75, 3.05) is 5.75 Å². The van der Waals surface area contributed by atoms with Crippen LogP contribution in [0.15, 0.2) is 22.8 Å². The molecule has 1 saturated heterocycles. The van der Waals surface area contributed by atoms with E-state index >= 15 is 0 Å². The Labute approximate surface area is 169 Å². The molecule has 1 aliphatic carbocycles. The molecule has 5 atom stereocenters. The third kappa shape index (κ3) is 4.54. The normalized spacial score (nSPS) is 28.6. The average molecular weight is 409 g/mol. The Hall–Kier alpha value is -1.96. The zero-order valence-corrected chi connectivity index (χ0v) is 17.4. The van der Waals surface area contributed by atoms with E-state index in [0.717, 1.165) is 19.3 Å². The number of furan rings is 1. The van der Waals surface area contributed by atoms with Crippen molar-refractivity contribution in [3.05, 3.63) is 24.2 Å². The molecule has 2 aliphatic rings. The second-order valence-corrected chi connectivity index (χ2v) is 8.71. The average Bonchev–Trinajstić information content (AvgIpc) is 3.32. The van der Waals surface area contributed by atoms with Crippen molar-refractivity contribution in [1.82, 2.24) is 10.2 Å². The zero-order valence-electron chi connectivity index (χ0n) is 16.6. The highest BCUT2D eigenvalue weighted by Gasteiger charge is 2.43. The summed E-state index contributed by atoms with van der Waals surface area (Å²) in [5.41, 5.74) is 0. The van der Waals surface area contributed by atoms with Gasteiger partial charge in [-0.2, -0.15) is 0 Å². The number of nitrogens with zero attached hydrogens (tertiary/aromatic N) is 1. The number of thioether (sulfide) groups is 1. The van der Waals surface area contributed by atoms with E-state index in [2.05, 4.69) is 12.2 Å². The molecule has 1 aromatic rings. The number of esters is 1. The molecule has 2 fully saturated rings. The lowest BCUT2D eigenvalue weighted by Gasteiger charge is -2.31. The van der Waals surface area contributed by atoms with Gasteiger partial charge in [0.05, 0.1) is 6.26 Å². The van der Waals surface area contributed by atoms with Gasteiger partial charge < -0.3 is 19.4 Å². The van der Waals surface area contributed by atoms with E-state index in [1.165, 1.54) is 30.0 Å². The smallest absolute Gasteiger partial charge is 0.330 e. The number of ether oxygens (including phenoxy) is 1. The van der Waals surface area contributed by atoms with Crippen molar-refractivity contribution in [2.24, 2.45) is 5.92 Å². The summed E-state index contributed by atoms with van der Waals surface area (Å²) in [6.07, 6.45) is 4.98. The van der Waals surface area contributed by atoms with Crippen LogP contribution in [0, 0.1) is 5.92 Å². The Kier molecular flexibility index (Phi) is 6.69. The van der Waals surface area contributed by atoms with Crippen LogP contribution in [-0.2, 0) is 19.1 Å². The molecule has 1 aromatic heterocycles. The molecule has 28 heavy (non-hydrogen) atoms. The minimum absolute atomic E-state index is 0.126. The van der Waals surface area contributed by atoms with Crippen LogP contribution in [0.3, 0.4) is 0 Å². The maximum Gasteiger partial charge on any atom is 0.330 e. The third-order valence-corrected chi connectivity index (χ3v) is 6.81. The van der Waals surface area contributed by atoms with Crippen molar-refractivity contribution in [3.8, 4) is 0 Å². The second kappa shape index (κ2) is 9.03. The van der Waals surface area contributed by atoms with Gasteiger partial charge in [0.1, 0.15) is 17.2 Å². The molecule has 2 heterocycles. The molecule has 1 N–H and O–H groups in total. The van der Waals surface area contributed by atoms with Crippen molar-refractivity contribution in [1.29, 1.82) is 0 Å². The predicted octanol–water partition coefficient (Wildman–Crippen LogP) is 2.87. The molecular weight excluding hydrogens is 380 g/mol. The fraction of sp³-hybridized carbons (Fsp3) is 0.650. The van der Waals surface area contributed by atoms with Crippen LogP contribution in [0.1, 0.15) is 57.6 Å². The van der Waals surface area contributed by atoms with Crippen LogP contribution >= 0.6 is 11.8 Å². The quantitative estimate of drug-likeness (QED) is 0.754. The molecule has 0 spiro atoms. The van der Waals surface area contributed by atoms with Gasteiger partial charge >= 0.3 is 5.97 Å². The van der Waals surface area contributed by atoms with Gasteiger partial charge in [0, 0.05) is 18.7 Å². The first kappa shape index (κ1) is 20.8. The summed E-state index contributed by atoms with van der Waals surface area (Å²) in [6, 6.07) is 2.92. The van der Waals surface area contributed by atoms with E-state index in [1.54, 1.807) is 25.3 Å². The van der Waals surface area contributed by atoms with Gasteiger partial charge in [-0.15, -0.1) is 11.8 Å². The molecule has 0 aromatic carbocycles. The number of carbonyl (C=O) groups excluding carboxylic acids is 3. The van der Waals surface area contributed by atoms with Crippen molar-refractivity contribution >= 4 is 29.5 Å². The maximum atomic E-state index is 12.7. The molecule has 3 rings (SSSR count). The van der Waals surface area contributed by atoms with Crippen LogP contribution in [0.4, 0.5) is 0 Å². The van der Waals surface area contributed by atoms with Crippen molar-refractivity contribution in [3.63, 3.8) is 0 Å². The van der Waals surface area contributed by atoms with Crippen molar-refractivity contribution < 1.29 is 23.5 Å². The van der Waals surface area contributed by atoms with Gasteiger partial charge in [0.25, 0.3) is 5.91 Å². The Balaban J connectivity index is 1.59. The first-order valence-corrected chi connectivity index (χ1v) is 10.9. The van der Waals surface area contributed by atoms with E-state index < -0.39 is 18.1 Å². The zero-order chi connectivity index (χ0) is 20.3. The fourth-order valence-corrected chi connectivity index (χ4v) is 5.28. The lowest BCUT2D eigenvalue weighted by atomic mass is 9.86. The Morgan fingerprint density at radius 2 is 2.07 bits per heavy atom. The number of hydrogen-bond acceptors (Lipinski definition) is 6. The van der Waals surface area contributed by atoms with Gasteiger partial charge in [-0.1, -0.05) is 19.8 Å². The first-order valence-electron chi connectivity index (χ1n) is 9.83. The summed E-state index contributed by atoms with van der Waals surface area (Å²) in [4.78, 5) is 38.8. The maximum absolute atomic E-state index is 12.7. The Morgan fingerprint density at radius 3 is 2.71 bits per heavy atom. The minimum Gasteiger partial charge on any atom is -0.466 e. The van der Waals surface area contributed by atoms with E-state index in [9.17, 15) is 14.4 Å². The monoisotopic (exact) mass is 408 g/mol. The highest BCUT2D eigenvalue weighted by atomic mass is 32.2. The summed E-state index contributed by atoms with van der Waals surface area (Å²) >= 11 is 1.45. The van der Waals surface area contributed by atoms with Gasteiger partial charge in [-0.3, -0.25) is 9.59 Å². The topological polar surface area (TPSA) is 88.8 Å². The van der Waals surface area contributed by atoms with Crippen molar-refractivity contribution in [2.45, 2.75) is 70.0 Å². The molecule has 1 aliphatic heterocycles. The SMILES string of the molecule is CC(=O)N1[C@@H](c2ccco2)SC[C@H]1C(=O)O[C@H](C)C(=O)N[C@H]1CCCC[C@H]1C. The molecule has 1 saturated carbocycles. The van der Waals surface area contributed by atoms with Crippen LogP contribution in [-0.4, -0.2) is 46.6 Å².